The molecule has 3 rings (SSSR count). The molecule has 0 bridgehead atoms. The molecule has 0 aliphatic carbocycles. The monoisotopic (exact) mass is 397 g/mol. The zero-order valence-corrected chi connectivity index (χ0v) is 15.3. The molecule has 1 aromatic rings. The summed E-state index contributed by atoms with van der Waals surface area (Å²) >= 11 is 7.40. The zero-order valence-electron chi connectivity index (χ0n) is 13.7. The Kier molecular flexibility index (Phi) is 5.01. The number of phenolic OH excluding ortho intramolecular Hbond substituents is 1. The smallest absolute Gasteiger partial charge is 0.356 e. The molecule has 2 heterocycles. The van der Waals surface area contributed by atoms with E-state index in [-0.39, 0.29) is 34.5 Å². The number of anilines is 1. The molecule has 0 saturated carbocycles. The summed E-state index contributed by atoms with van der Waals surface area (Å²) in [6.07, 6.45) is -0.0340. The third kappa shape index (κ3) is 3.19. The van der Waals surface area contributed by atoms with Crippen LogP contribution in [0.5, 0.6) is 5.75 Å². The molecule has 8 nitrogen and oxygen atoms in total. The molecular weight excluding hydrogens is 382 g/mol. The first kappa shape index (κ1) is 18.4. The average Bonchev–Trinajstić information content (AvgIpc) is 2.61. The lowest BCUT2D eigenvalue weighted by Gasteiger charge is -2.49. The number of nitrogens with one attached hydrogen (secondary N) is 1. The Bertz CT molecular complexity index is 828. The molecule has 1 aromatic carbocycles. The third-order valence-corrected chi connectivity index (χ3v) is 5.85. The number of nitrogen functional groups attached to an aromatic ring is 1. The van der Waals surface area contributed by atoms with E-state index in [2.05, 4.69) is 10.1 Å². The number of halogens is 1. The van der Waals surface area contributed by atoms with Crippen molar-refractivity contribution in [2.24, 2.45) is 0 Å². The Labute approximate surface area is 158 Å². The molecular formula is C16H16ClN3O5S. The van der Waals surface area contributed by atoms with Gasteiger partial charge < -0.3 is 20.9 Å². The molecule has 1 saturated heterocycles. The Morgan fingerprint density at radius 2 is 2.23 bits per heavy atom. The minimum absolute atomic E-state index is 0.00841. The van der Waals surface area contributed by atoms with Gasteiger partial charge in [-0.1, -0.05) is 17.7 Å². The van der Waals surface area contributed by atoms with Crippen molar-refractivity contribution in [1.82, 2.24) is 10.2 Å². The van der Waals surface area contributed by atoms with E-state index in [1.807, 2.05) is 0 Å². The van der Waals surface area contributed by atoms with Gasteiger partial charge in [-0.3, -0.25) is 14.5 Å². The van der Waals surface area contributed by atoms with Gasteiger partial charge in [0.2, 0.25) is 5.91 Å². The van der Waals surface area contributed by atoms with E-state index in [1.54, 1.807) is 6.07 Å². The van der Waals surface area contributed by atoms with Crippen LogP contribution in [-0.2, 0) is 25.5 Å². The third-order valence-electron chi connectivity index (χ3n) is 4.10. The topological polar surface area (TPSA) is 122 Å². The van der Waals surface area contributed by atoms with Crippen molar-refractivity contribution in [2.45, 2.75) is 17.8 Å². The summed E-state index contributed by atoms with van der Waals surface area (Å²) in [5, 5.41) is 11.8. The van der Waals surface area contributed by atoms with E-state index < -0.39 is 23.3 Å². The minimum atomic E-state index is -0.754. The van der Waals surface area contributed by atoms with E-state index >= 15 is 0 Å². The van der Waals surface area contributed by atoms with Gasteiger partial charge in [0.15, 0.2) is 0 Å². The number of benzene rings is 1. The lowest BCUT2D eigenvalue weighted by Crippen LogP contribution is -2.70. The number of phenols is 1. The molecule has 138 valence electrons. The van der Waals surface area contributed by atoms with E-state index in [9.17, 15) is 19.5 Å². The first-order valence-corrected chi connectivity index (χ1v) is 9.04. The van der Waals surface area contributed by atoms with Crippen molar-refractivity contribution in [3.63, 3.8) is 0 Å². The van der Waals surface area contributed by atoms with Gasteiger partial charge in [0, 0.05) is 17.5 Å². The molecule has 26 heavy (non-hydrogen) atoms. The lowest BCUT2D eigenvalue weighted by atomic mass is 10.0. The second-order valence-corrected chi connectivity index (χ2v) is 7.32. The van der Waals surface area contributed by atoms with Gasteiger partial charge >= 0.3 is 5.97 Å². The number of ether oxygens (including phenoxy) is 1. The number of thioether (sulfide) groups is 1. The molecule has 0 spiro atoms. The van der Waals surface area contributed by atoms with Crippen molar-refractivity contribution in [3.8, 4) is 5.75 Å². The highest BCUT2D eigenvalue weighted by Crippen LogP contribution is 2.41. The fourth-order valence-corrected chi connectivity index (χ4v) is 4.36. The Morgan fingerprint density at radius 3 is 2.88 bits per heavy atom. The van der Waals surface area contributed by atoms with Crippen molar-refractivity contribution in [3.05, 3.63) is 34.5 Å². The highest BCUT2D eigenvalue weighted by atomic mass is 35.5. The predicted octanol–water partition coefficient (Wildman–Crippen LogP) is 0.540. The van der Waals surface area contributed by atoms with Crippen molar-refractivity contribution >= 4 is 46.8 Å². The average molecular weight is 398 g/mol. The number of nitrogens with two attached hydrogens (primary N) is 1. The van der Waals surface area contributed by atoms with Crippen molar-refractivity contribution in [1.29, 1.82) is 0 Å². The summed E-state index contributed by atoms with van der Waals surface area (Å²) in [4.78, 5) is 37.8. The van der Waals surface area contributed by atoms with Gasteiger partial charge in [-0.15, -0.1) is 11.8 Å². The number of hydrogen-bond donors (Lipinski definition) is 3. The molecule has 1 fully saturated rings. The van der Waals surface area contributed by atoms with Crippen molar-refractivity contribution < 1.29 is 24.2 Å². The second-order valence-electron chi connectivity index (χ2n) is 5.76. The highest BCUT2D eigenvalue weighted by Gasteiger charge is 2.54. The number of carbonyl (C=O) groups excluding carboxylic acids is 3. The fraction of sp³-hybridized carbons (Fsp3) is 0.312. The van der Waals surface area contributed by atoms with Crippen LogP contribution in [0.1, 0.15) is 5.56 Å². The number of rotatable bonds is 4. The first-order chi connectivity index (χ1) is 12.3. The molecule has 2 unspecified atom stereocenters. The number of carbonyl (C=O) groups is 3. The van der Waals surface area contributed by atoms with Crippen molar-refractivity contribution in [2.75, 3.05) is 18.6 Å². The maximum absolute atomic E-state index is 12.4. The van der Waals surface area contributed by atoms with E-state index in [4.69, 9.17) is 17.3 Å². The summed E-state index contributed by atoms with van der Waals surface area (Å²) < 4.78 is 4.67. The number of amides is 2. The summed E-state index contributed by atoms with van der Waals surface area (Å²) in [6, 6.07) is 3.58. The molecule has 2 aliphatic rings. The normalized spacial score (nSPS) is 21.8. The molecule has 10 heteroatoms. The molecule has 2 aliphatic heterocycles. The van der Waals surface area contributed by atoms with E-state index in [0.29, 0.717) is 11.3 Å². The van der Waals surface area contributed by atoms with Crippen LogP contribution in [0, 0.1) is 0 Å². The highest BCUT2D eigenvalue weighted by molar-refractivity contribution is 8.00. The van der Waals surface area contributed by atoms with Crippen LogP contribution in [0.4, 0.5) is 5.69 Å². The van der Waals surface area contributed by atoms with Gasteiger partial charge in [0.05, 0.1) is 18.6 Å². The van der Waals surface area contributed by atoms with E-state index in [1.165, 1.54) is 35.9 Å². The summed E-state index contributed by atoms with van der Waals surface area (Å²) in [5.41, 5.74) is 6.62. The largest absolute Gasteiger partial charge is 0.508 e. The van der Waals surface area contributed by atoms with Crippen LogP contribution >= 0.6 is 23.4 Å². The summed E-state index contributed by atoms with van der Waals surface area (Å²) in [7, 11) is 1.21. The maximum atomic E-state index is 12.4. The van der Waals surface area contributed by atoms with Crippen LogP contribution in [-0.4, -0.2) is 52.1 Å². The second kappa shape index (κ2) is 7.08. The number of nitrogens with zero attached hydrogens (tertiary/aromatic N) is 1. The first-order valence-electron chi connectivity index (χ1n) is 7.62. The van der Waals surface area contributed by atoms with Gasteiger partial charge in [-0.05, 0) is 11.6 Å². The minimum Gasteiger partial charge on any atom is -0.508 e. The molecule has 0 radical (unpaired) electrons. The Hall–Kier alpha value is -2.39. The molecule has 2 atom stereocenters. The SMILES string of the molecule is COC(=O)C1=C(Cl)CSC2C(NC(=O)Cc3ccc(O)cc3N)C(=O)N12. The Morgan fingerprint density at radius 1 is 1.50 bits per heavy atom. The standard InChI is InChI=1S/C16H16ClN3O5S/c1-25-16(24)13-9(17)6-26-15-12(14(23)20(13)15)19-11(22)4-7-2-3-8(21)5-10(7)18/h2-3,5,12,15,21H,4,6,18H2,1H3,(H,19,22). The van der Waals surface area contributed by atoms with Gasteiger partial charge in [0.1, 0.15) is 22.9 Å². The number of β-lactam (4-membered cyclic amide) rings is 1. The maximum Gasteiger partial charge on any atom is 0.356 e. The van der Waals surface area contributed by atoms with Gasteiger partial charge in [-0.25, -0.2) is 4.79 Å². The van der Waals surface area contributed by atoms with E-state index in [0.717, 1.165) is 0 Å². The molecule has 0 aromatic heterocycles. The van der Waals surface area contributed by atoms with Gasteiger partial charge in [-0.2, -0.15) is 0 Å². The van der Waals surface area contributed by atoms with Crippen LogP contribution in [0.3, 0.4) is 0 Å². The number of esters is 1. The molecule has 2 amide bonds. The number of methoxy groups -OCH3 is 1. The summed E-state index contributed by atoms with van der Waals surface area (Å²) in [5.74, 6) is -1.14. The number of hydrogen-bond acceptors (Lipinski definition) is 7. The molecule has 4 N–H and O–H groups in total. The fourth-order valence-electron chi connectivity index (χ4n) is 2.81. The quantitative estimate of drug-likeness (QED) is 0.385. The predicted molar refractivity (Wildman–Crippen MR) is 96.1 cm³/mol. The number of aromatic hydroxyl groups is 1. The number of fused-ring (bicyclic) bond motifs is 1. The Balaban J connectivity index is 1.68. The van der Waals surface area contributed by atoms with Crippen LogP contribution in [0.15, 0.2) is 28.9 Å². The zero-order chi connectivity index (χ0) is 19.0. The van der Waals surface area contributed by atoms with Crippen LogP contribution < -0.4 is 11.1 Å². The van der Waals surface area contributed by atoms with Crippen LogP contribution in [0.2, 0.25) is 0 Å². The van der Waals surface area contributed by atoms with Gasteiger partial charge in [0.25, 0.3) is 5.91 Å². The summed E-state index contributed by atoms with van der Waals surface area (Å²) in [6.45, 7) is 0. The lowest BCUT2D eigenvalue weighted by molar-refractivity contribution is -0.151. The van der Waals surface area contributed by atoms with Crippen LogP contribution in [0.25, 0.3) is 0 Å².